The fourth-order valence-electron chi connectivity index (χ4n) is 2.23. The number of hydrogen-bond acceptors (Lipinski definition) is 3. The lowest BCUT2D eigenvalue weighted by Crippen LogP contribution is -1.97. The van der Waals surface area contributed by atoms with Crippen LogP contribution in [0.15, 0.2) is 60.4 Å². The van der Waals surface area contributed by atoms with Gasteiger partial charge < -0.3 is 4.79 Å². The topological polar surface area (TPSA) is 60.2 Å². The molecule has 0 heterocycles. The normalized spacial score (nSPS) is 12.9. The summed E-state index contributed by atoms with van der Waals surface area (Å²) in [4.78, 5) is 20.9. The van der Waals surface area contributed by atoms with Crippen molar-refractivity contribution in [2.24, 2.45) is 0 Å². The predicted molar refractivity (Wildman–Crippen MR) is 110 cm³/mol. The number of nitro groups is 1. The fraction of sp³-hybridized carbons (Fsp3) is 0.500. The SMILES string of the molecule is CC/C=C/C/C=C/C/C=C/C/C=C(/C/C=C/CCCCCC=O)[N+](=O)[O-]. The molecule has 0 bridgehead atoms. The summed E-state index contributed by atoms with van der Waals surface area (Å²) in [5, 5.41) is 11.1. The first kappa shape index (κ1) is 23.8. The molecule has 0 aliphatic rings. The summed E-state index contributed by atoms with van der Waals surface area (Å²) in [6.07, 6.45) is 27.3. The first-order valence-corrected chi connectivity index (χ1v) is 9.59. The molecule has 144 valence electrons. The van der Waals surface area contributed by atoms with Crippen LogP contribution in [0.3, 0.4) is 0 Å². The Balaban J connectivity index is 4.01. The Kier molecular flexibility index (Phi) is 17.5. The first-order valence-electron chi connectivity index (χ1n) is 9.59. The van der Waals surface area contributed by atoms with Gasteiger partial charge in [0.1, 0.15) is 6.29 Å². The smallest absolute Gasteiger partial charge is 0.246 e. The summed E-state index contributed by atoms with van der Waals surface area (Å²) < 4.78 is 0. The van der Waals surface area contributed by atoms with Gasteiger partial charge in [0.05, 0.1) is 11.3 Å². The monoisotopic (exact) mass is 359 g/mol. The standard InChI is InChI=1S/C22H33NO3/c1-2-3-4-5-6-7-8-10-13-16-19-22(23(25)26)20-17-14-11-9-12-15-18-21-24/h3-4,6-7,10,13-14,17,19,21H,2,5,8-9,11-12,15-16,18,20H2,1H3/b4-3+,7-6+,13-10+,17-14+,22-19-. The Morgan fingerprint density at radius 2 is 1.42 bits per heavy atom. The molecule has 0 radical (unpaired) electrons. The van der Waals surface area contributed by atoms with Gasteiger partial charge in [-0.2, -0.15) is 0 Å². The van der Waals surface area contributed by atoms with Crippen LogP contribution < -0.4 is 0 Å². The lowest BCUT2D eigenvalue weighted by atomic mass is 10.1. The highest BCUT2D eigenvalue weighted by Gasteiger charge is 2.06. The van der Waals surface area contributed by atoms with Crippen molar-refractivity contribution in [2.75, 3.05) is 0 Å². The Bertz CT molecular complexity index is 513. The average molecular weight is 360 g/mol. The van der Waals surface area contributed by atoms with Crippen molar-refractivity contribution in [2.45, 2.75) is 71.1 Å². The van der Waals surface area contributed by atoms with Crippen LogP contribution in [-0.2, 0) is 4.79 Å². The van der Waals surface area contributed by atoms with E-state index in [9.17, 15) is 14.9 Å². The highest BCUT2D eigenvalue weighted by Crippen LogP contribution is 2.08. The summed E-state index contributed by atoms with van der Waals surface area (Å²) in [5.41, 5.74) is 0.243. The molecule has 0 spiro atoms. The van der Waals surface area contributed by atoms with Crippen molar-refractivity contribution in [1.29, 1.82) is 0 Å². The van der Waals surface area contributed by atoms with Gasteiger partial charge in [0.2, 0.25) is 5.70 Å². The molecule has 0 saturated carbocycles. The quantitative estimate of drug-likeness (QED) is 0.104. The second kappa shape index (κ2) is 19.1. The zero-order valence-corrected chi connectivity index (χ0v) is 16.0. The molecule has 0 rings (SSSR count). The third-order valence-corrected chi connectivity index (χ3v) is 3.69. The van der Waals surface area contributed by atoms with Crippen LogP contribution in [0.1, 0.15) is 71.1 Å². The number of hydrogen-bond donors (Lipinski definition) is 0. The number of nitrogens with zero attached hydrogens (tertiary/aromatic N) is 1. The van der Waals surface area contributed by atoms with E-state index in [2.05, 4.69) is 31.2 Å². The van der Waals surface area contributed by atoms with E-state index in [-0.39, 0.29) is 10.6 Å². The molecule has 0 fully saturated rings. The van der Waals surface area contributed by atoms with Gasteiger partial charge in [-0.3, -0.25) is 10.1 Å². The maximum atomic E-state index is 11.1. The van der Waals surface area contributed by atoms with Crippen molar-refractivity contribution in [3.63, 3.8) is 0 Å². The molecular formula is C22H33NO3. The summed E-state index contributed by atoms with van der Waals surface area (Å²) >= 11 is 0. The Hall–Kier alpha value is -2.23. The third kappa shape index (κ3) is 16.6. The summed E-state index contributed by atoms with van der Waals surface area (Å²) in [5.74, 6) is 0. The molecule has 0 atom stereocenters. The molecule has 0 aliphatic carbocycles. The molecule has 4 heteroatoms. The molecular weight excluding hydrogens is 326 g/mol. The highest BCUT2D eigenvalue weighted by atomic mass is 16.6. The average Bonchev–Trinajstić information content (AvgIpc) is 2.63. The van der Waals surface area contributed by atoms with Crippen molar-refractivity contribution in [3.05, 3.63) is 70.5 Å². The van der Waals surface area contributed by atoms with Crippen LogP contribution in [-0.4, -0.2) is 11.2 Å². The minimum absolute atomic E-state index is 0.243. The number of carbonyl (C=O) groups is 1. The van der Waals surface area contributed by atoms with Crippen LogP contribution in [0.4, 0.5) is 0 Å². The second-order valence-corrected chi connectivity index (χ2v) is 5.96. The van der Waals surface area contributed by atoms with Crippen LogP contribution >= 0.6 is 0 Å². The molecule has 0 amide bonds. The van der Waals surface area contributed by atoms with Crippen molar-refractivity contribution < 1.29 is 9.72 Å². The van der Waals surface area contributed by atoms with E-state index in [1.165, 1.54) is 0 Å². The third-order valence-electron chi connectivity index (χ3n) is 3.69. The highest BCUT2D eigenvalue weighted by molar-refractivity contribution is 5.48. The van der Waals surface area contributed by atoms with Gasteiger partial charge in [-0.25, -0.2) is 0 Å². The molecule has 26 heavy (non-hydrogen) atoms. The van der Waals surface area contributed by atoms with Crippen molar-refractivity contribution in [3.8, 4) is 0 Å². The van der Waals surface area contributed by atoms with Gasteiger partial charge in [0.15, 0.2) is 0 Å². The van der Waals surface area contributed by atoms with E-state index >= 15 is 0 Å². The first-order chi connectivity index (χ1) is 12.7. The number of aldehydes is 1. The molecule has 0 unspecified atom stereocenters. The van der Waals surface area contributed by atoms with Gasteiger partial charge in [0.25, 0.3) is 0 Å². The van der Waals surface area contributed by atoms with E-state index < -0.39 is 0 Å². The Morgan fingerprint density at radius 1 is 0.808 bits per heavy atom. The van der Waals surface area contributed by atoms with Crippen molar-refractivity contribution in [1.82, 2.24) is 0 Å². The number of unbranched alkanes of at least 4 members (excludes halogenated alkanes) is 4. The van der Waals surface area contributed by atoms with Gasteiger partial charge in [-0.1, -0.05) is 62.0 Å². The van der Waals surface area contributed by atoms with Gasteiger partial charge >= 0.3 is 0 Å². The summed E-state index contributed by atoms with van der Waals surface area (Å²) in [6, 6.07) is 0. The largest absolute Gasteiger partial charge is 0.303 e. The van der Waals surface area contributed by atoms with Crippen LogP contribution in [0.2, 0.25) is 0 Å². The van der Waals surface area contributed by atoms with Crippen LogP contribution in [0, 0.1) is 10.1 Å². The lowest BCUT2D eigenvalue weighted by Gasteiger charge is -1.95. The maximum Gasteiger partial charge on any atom is 0.246 e. The predicted octanol–water partition coefficient (Wildman–Crippen LogP) is 6.49. The molecule has 0 aliphatic heterocycles. The Morgan fingerprint density at radius 3 is 2.04 bits per heavy atom. The maximum absolute atomic E-state index is 11.1. The second-order valence-electron chi connectivity index (χ2n) is 5.96. The zero-order chi connectivity index (χ0) is 19.3. The van der Waals surface area contributed by atoms with E-state index in [0.29, 0.717) is 19.3 Å². The molecule has 0 saturated heterocycles. The zero-order valence-electron chi connectivity index (χ0n) is 16.0. The number of carbonyl (C=O) groups excluding carboxylic acids is 1. The molecule has 0 aromatic rings. The van der Waals surface area contributed by atoms with Crippen molar-refractivity contribution >= 4 is 6.29 Å². The molecule has 0 aromatic heterocycles. The minimum Gasteiger partial charge on any atom is -0.303 e. The van der Waals surface area contributed by atoms with Gasteiger partial charge in [-0.15, -0.1) is 0 Å². The molecule has 0 aromatic carbocycles. The number of rotatable bonds is 16. The van der Waals surface area contributed by atoms with E-state index in [4.69, 9.17) is 0 Å². The summed E-state index contributed by atoms with van der Waals surface area (Å²) in [7, 11) is 0. The van der Waals surface area contributed by atoms with Gasteiger partial charge in [0, 0.05) is 6.42 Å². The number of allylic oxidation sites excluding steroid dienone is 9. The molecule has 0 N–H and O–H groups in total. The lowest BCUT2D eigenvalue weighted by molar-refractivity contribution is -0.427. The minimum atomic E-state index is -0.303. The van der Waals surface area contributed by atoms with Crippen LogP contribution in [0.5, 0.6) is 0 Å². The Labute approximate surface area is 158 Å². The van der Waals surface area contributed by atoms with E-state index in [1.807, 2.05) is 24.3 Å². The molecule has 4 nitrogen and oxygen atoms in total. The van der Waals surface area contributed by atoms with Crippen LogP contribution in [0.25, 0.3) is 0 Å². The van der Waals surface area contributed by atoms with E-state index in [1.54, 1.807) is 6.08 Å². The fourth-order valence-corrected chi connectivity index (χ4v) is 2.23. The van der Waals surface area contributed by atoms with Gasteiger partial charge in [-0.05, 0) is 51.0 Å². The van der Waals surface area contributed by atoms with E-state index in [0.717, 1.165) is 51.2 Å². The summed E-state index contributed by atoms with van der Waals surface area (Å²) in [6.45, 7) is 2.11.